The summed E-state index contributed by atoms with van der Waals surface area (Å²) in [5.74, 6) is 1.89. The molecule has 2 aromatic rings. The molecule has 4 heterocycles. The Kier molecular flexibility index (Phi) is 4.69. The van der Waals surface area contributed by atoms with Crippen LogP contribution < -0.4 is 10.1 Å². The largest absolute Gasteiger partial charge is 0.480 e. The fraction of sp³-hybridized carbons (Fsp3) is 0.476. The minimum atomic E-state index is -0.456. The van der Waals surface area contributed by atoms with Gasteiger partial charge in [-0.1, -0.05) is 11.6 Å². The molecule has 1 aromatic heterocycles. The molecule has 0 aliphatic carbocycles. The maximum Gasteiger partial charge on any atom is 0.264 e. The smallest absolute Gasteiger partial charge is 0.264 e. The molecule has 1 fully saturated rings. The highest BCUT2D eigenvalue weighted by Gasteiger charge is 2.35. The van der Waals surface area contributed by atoms with Crippen LogP contribution >= 0.6 is 11.6 Å². The van der Waals surface area contributed by atoms with Gasteiger partial charge < -0.3 is 15.0 Å². The highest BCUT2D eigenvalue weighted by Crippen LogP contribution is 2.33. The van der Waals surface area contributed by atoms with Crippen molar-refractivity contribution in [2.24, 2.45) is 0 Å². The highest BCUT2D eigenvalue weighted by molar-refractivity contribution is 6.30. The summed E-state index contributed by atoms with van der Waals surface area (Å²) in [6.07, 6.45) is 4.99. The predicted molar refractivity (Wildman–Crippen MR) is 106 cm³/mol. The molecular formula is C21H23ClN4O2. The van der Waals surface area contributed by atoms with Crippen molar-refractivity contribution in [2.75, 3.05) is 19.6 Å². The lowest BCUT2D eigenvalue weighted by Gasteiger charge is -2.33. The number of carbonyl (C=O) groups is 1. The van der Waals surface area contributed by atoms with Gasteiger partial charge in [-0.25, -0.2) is 9.97 Å². The van der Waals surface area contributed by atoms with Crippen LogP contribution in [0.5, 0.6) is 5.75 Å². The number of ether oxygens (including phenoxy) is 1. The molecule has 0 radical (unpaired) electrons. The minimum Gasteiger partial charge on any atom is -0.480 e. The molecule has 2 atom stereocenters. The third-order valence-electron chi connectivity index (χ3n) is 5.90. The summed E-state index contributed by atoms with van der Waals surface area (Å²) in [5, 5.41) is 4.02. The number of fused-ring (bicyclic) bond motifs is 2. The van der Waals surface area contributed by atoms with Crippen molar-refractivity contribution in [3.63, 3.8) is 0 Å². The van der Waals surface area contributed by atoms with Crippen LogP contribution in [0.15, 0.2) is 24.4 Å². The van der Waals surface area contributed by atoms with Gasteiger partial charge in [0.1, 0.15) is 11.6 Å². The molecule has 1 amide bonds. The Balaban J connectivity index is 1.29. The van der Waals surface area contributed by atoms with Gasteiger partial charge in [0.2, 0.25) is 0 Å². The second kappa shape index (κ2) is 7.33. The summed E-state index contributed by atoms with van der Waals surface area (Å²) in [7, 11) is 0. The molecule has 0 unspecified atom stereocenters. The number of aromatic nitrogens is 2. The molecule has 146 valence electrons. The fourth-order valence-corrected chi connectivity index (χ4v) is 4.59. The molecular weight excluding hydrogens is 376 g/mol. The van der Waals surface area contributed by atoms with E-state index in [9.17, 15) is 4.79 Å². The number of carbonyl (C=O) groups excluding carboxylic acids is 1. The van der Waals surface area contributed by atoms with Gasteiger partial charge in [-0.2, -0.15) is 0 Å². The Morgan fingerprint density at radius 3 is 3.18 bits per heavy atom. The van der Waals surface area contributed by atoms with E-state index >= 15 is 0 Å². The molecule has 0 saturated carbocycles. The number of halogens is 1. The molecule has 5 rings (SSSR count). The van der Waals surface area contributed by atoms with E-state index in [2.05, 4.69) is 10.3 Å². The van der Waals surface area contributed by atoms with E-state index in [-0.39, 0.29) is 11.8 Å². The van der Waals surface area contributed by atoms with Gasteiger partial charge in [0, 0.05) is 67.4 Å². The first-order chi connectivity index (χ1) is 13.7. The Morgan fingerprint density at radius 2 is 2.25 bits per heavy atom. The zero-order chi connectivity index (χ0) is 19.1. The van der Waals surface area contributed by atoms with E-state index in [0.29, 0.717) is 18.0 Å². The second-order valence-corrected chi connectivity index (χ2v) is 8.25. The predicted octanol–water partition coefficient (Wildman–Crippen LogP) is 2.49. The number of piperidine rings is 1. The van der Waals surface area contributed by atoms with E-state index in [1.807, 2.05) is 23.2 Å². The van der Waals surface area contributed by atoms with E-state index in [4.69, 9.17) is 21.3 Å². The third kappa shape index (κ3) is 3.35. The molecule has 0 spiro atoms. The Morgan fingerprint density at radius 1 is 1.32 bits per heavy atom. The number of amides is 1. The van der Waals surface area contributed by atoms with E-state index in [1.54, 1.807) is 6.07 Å². The molecule has 3 aliphatic heterocycles. The average molecular weight is 399 g/mol. The van der Waals surface area contributed by atoms with Crippen LogP contribution in [0.25, 0.3) is 0 Å². The number of likely N-dealkylation sites (tertiary alicyclic amines) is 1. The Labute approximate surface area is 169 Å². The number of nitrogens with one attached hydrogen (secondary N) is 1. The number of hydrogen-bond acceptors (Lipinski definition) is 5. The number of rotatable bonds is 2. The summed E-state index contributed by atoms with van der Waals surface area (Å²) >= 11 is 6.07. The first kappa shape index (κ1) is 17.9. The molecule has 28 heavy (non-hydrogen) atoms. The summed E-state index contributed by atoms with van der Waals surface area (Å²) in [6.45, 7) is 3.23. The SMILES string of the molecule is O=C([C@@H]1Cc2cc(Cl)ccc2O1)N1CCC[C@H](c2ncc3c(n2)CCNC3)C1. The van der Waals surface area contributed by atoms with Crippen molar-refractivity contribution in [2.45, 2.75) is 44.2 Å². The molecule has 0 bridgehead atoms. The first-order valence-corrected chi connectivity index (χ1v) is 10.3. The fourth-order valence-electron chi connectivity index (χ4n) is 4.39. The molecule has 7 heteroatoms. The van der Waals surface area contributed by atoms with Crippen molar-refractivity contribution in [1.82, 2.24) is 20.2 Å². The Hall–Kier alpha value is -2.18. The molecule has 1 N–H and O–H groups in total. The summed E-state index contributed by atoms with van der Waals surface area (Å²) in [4.78, 5) is 24.5. The zero-order valence-corrected chi connectivity index (χ0v) is 16.4. The van der Waals surface area contributed by atoms with Gasteiger partial charge in [-0.15, -0.1) is 0 Å². The number of nitrogens with zero attached hydrogens (tertiary/aromatic N) is 3. The van der Waals surface area contributed by atoms with Crippen LogP contribution in [0.3, 0.4) is 0 Å². The van der Waals surface area contributed by atoms with Crippen molar-refractivity contribution in [1.29, 1.82) is 0 Å². The standard InChI is InChI=1S/C21H23ClN4O2/c22-16-3-4-18-14(8-16)9-19(28-18)21(27)26-7-1-2-13(12-26)20-24-11-15-10-23-6-5-17(15)25-20/h3-4,8,11,13,19,23H,1-2,5-7,9-10,12H2/t13-,19-/m0/s1. The van der Waals surface area contributed by atoms with Gasteiger partial charge in [0.05, 0.1) is 0 Å². The lowest BCUT2D eigenvalue weighted by Crippen LogP contribution is -2.46. The van der Waals surface area contributed by atoms with E-state index in [1.165, 1.54) is 5.56 Å². The molecule has 3 aliphatic rings. The molecule has 6 nitrogen and oxygen atoms in total. The van der Waals surface area contributed by atoms with Gasteiger partial charge in [0.15, 0.2) is 6.10 Å². The topological polar surface area (TPSA) is 67.3 Å². The summed E-state index contributed by atoms with van der Waals surface area (Å²) in [5.41, 5.74) is 3.35. The maximum atomic E-state index is 13.1. The lowest BCUT2D eigenvalue weighted by molar-refractivity contribution is -0.139. The van der Waals surface area contributed by atoms with Crippen LogP contribution in [0.1, 0.15) is 41.4 Å². The van der Waals surface area contributed by atoms with Crippen LogP contribution in [0.4, 0.5) is 0 Å². The monoisotopic (exact) mass is 398 g/mol. The Bertz CT molecular complexity index is 919. The maximum absolute atomic E-state index is 13.1. The first-order valence-electron chi connectivity index (χ1n) is 9.96. The third-order valence-corrected chi connectivity index (χ3v) is 6.13. The van der Waals surface area contributed by atoms with Crippen LogP contribution in [-0.4, -0.2) is 46.5 Å². The van der Waals surface area contributed by atoms with Gasteiger partial charge >= 0.3 is 0 Å². The minimum absolute atomic E-state index is 0.0548. The second-order valence-electron chi connectivity index (χ2n) is 7.81. The highest BCUT2D eigenvalue weighted by atomic mass is 35.5. The molecule has 1 saturated heterocycles. The average Bonchev–Trinajstić information content (AvgIpc) is 3.16. The zero-order valence-electron chi connectivity index (χ0n) is 15.7. The summed E-state index contributed by atoms with van der Waals surface area (Å²) in [6, 6.07) is 5.53. The number of hydrogen-bond donors (Lipinski definition) is 1. The van der Waals surface area contributed by atoms with Crippen molar-refractivity contribution in [3.05, 3.63) is 52.1 Å². The van der Waals surface area contributed by atoms with Gasteiger partial charge in [-0.05, 0) is 36.6 Å². The van der Waals surface area contributed by atoms with Crippen molar-refractivity contribution in [3.8, 4) is 5.75 Å². The van der Waals surface area contributed by atoms with E-state index in [0.717, 1.165) is 61.7 Å². The van der Waals surface area contributed by atoms with E-state index < -0.39 is 6.10 Å². The lowest BCUT2D eigenvalue weighted by atomic mass is 9.95. The quantitative estimate of drug-likeness (QED) is 0.841. The normalized spacial score (nSPS) is 23.7. The van der Waals surface area contributed by atoms with Crippen molar-refractivity contribution >= 4 is 17.5 Å². The molecule has 1 aromatic carbocycles. The van der Waals surface area contributed by atoms with Crippen LogP contribution in [0.2, 0.25) is 5.02 Å². The summed E-state index contributed by atoms with van der Waals surface area (Å²) < 4.78 is 5.90. The van der Waals surface area contributed by atoms with Crippen molar-refractivity contribution < 1.29 is 9.53 Å². The van der Waals surface area contributed by atoms with Gasteiger partial charge in [0.25, 0.3) is 5.91 Å². The number of benzene rings is 1. The van der Waals surface area contributed by atoms with Gasteiger partial charge in [-0.3, -0.25) is 4.79 Å². The van der Waals surface area contributed by atoms with Crippen LogP contribution in [0, 0.1) is 0 Å². The van der Waals surface area contributed by atoms with Crippen LogP contribution in [-0.2, 0) is 24.2 Å².